The predicted octanol–water partition coefficient (Wildman–Crippen LogP) is 4.49. The van der Waals surface area contributed by atoms with E-state index in [1.807, 2.05) is 12.2 Å². The Bertz CT molecular complexity index is 524. The topological polar surface area (TPSA) is 77.8 Å². The lowest BCUT2D eigenvalue weighted by atomic mass is 10.2. The van der Waals surface area contributed by atoms with Gasteiger partial charge in [-0.25, -0.2) is 0 Å². The van der Waals surface area contributed by atoms with E-state index in [0.717, 1.165) is 19.3 Å². The van der Waals surface area contributed by atoms with E-state index in [0.29, 0.717) is 6.42 Å². The second kappa shape index (κ2) is 17.6. The number of allylic oxidation sites excluding steroid dienone is 9. The number of aliphatic hydroxyl groups is 2. The molecule has 0 spiro atoms. The van der Waals surface area contributed by atoms with Crippen LogP contribution in [0.1, 0.15) is 45.4 Å². The monoisotopic (exact) mass is 360 g/mol. The summed E-state index contributed by atoms with van der Waals surface area (Å²) in [6.45, 7) is 2.12. The van der Waals surface area contributed by atoms with Crippen molar-refractivity contribution >= 4 is 5.97 Å². The van der Waals surface area contributed by atoms with Gasteiger partial charge in [0.2, 0.25) is 0 Å². The standard InChI is InChI=1S/C22H32O4/c1-2-3-4-5-6-7-8-9-12-15-20(23)16-13-10-11-14-17-21(24)18-19-22(25)26/h3-4,6-7,9-14,16-17,20-21,23-24H,2,5,8,15,18-19H2,1H3,(H,25,26)/b4-3-,7-6-,11-10+,12-9-,16-13+,17-14-/t20-,21-/m1/s1. The molecule has 2 atom stereocenters. The van der Waals surface area contributed by atoms with Crippen LogP contribution >= 0.6 is 0 Å². The van der Waals surface area contributed by atoms with Gasteiger partial charge in [0.1, 0.15) is 0 Å². The molecule has 0 radical (unpaired) electrons. The van der Waals surface area contributed by atoms with Gasteiger partial charge < -0.3 is 15.3 Å². The molecule has 0 aromatic carbocycles. The molecule has 0 heterocycles. The summed E-state index contributed by atoms with van der Waals surface area (Å²) in [6.07, 6.45) is 25.0. The number of hydrogen-bond donors (Lipinski definition) is 3. The van der Waals surface area contributed by atoms with E-state index in [1.165, 1.54) is 6.08 Å². The van der Waals surface area contributed by atoms with Crippen molar-refractivity contribution in [2.45, 2.75) is 57.7 Å². The minimum atomic E-state index is -0.917. The lowest BCUT2D eigenvalue weighted by molar-refractivity contribution is -0.137. The Kier molecular flexibility index (Phi) is 16.2. The van der Waals surface area contributed by atoms with Gasteiger partial charge in [-0.1, -0.05) is 79.8 Å². The largest absolute Gasteiger partial charge is 0.481 e. The SMILES string of the molecule is CC/C=C\C/C=C\C/C=C\C[C@@H](O)/C=C/C=C/C=C\[C@@H](O)CCC(=O)O. The molecule has 144 valence electrons. The maximum absolute atomic E-state index is 10.4. The maximum atomic E-state index is 10.4. The summed E-state index contributed by atoms with van der Waals surface area (Å²) < 4.78 is 0. The highest BCUT2D eigenvalue weighted by atomic mass is 16.4. The number of carbonyl (C=O) groups is 1. The van der Waals surface area contributed by atoms with Crippen LogP contribution in [0.4, 0.5) is 0 Å². The van der Waals surface area contributed by atoms with Gasteiger partial charge in [-0.3, -0.25) is 4.79 Å². The maximum Gasteiger partial charge on any atom is 0.303 e. The van der Waals surface area contributed by atoms with Crippen molar-refractivity contribution < 1.29 is 20.1 Å². The fraction of sp³-hybridized carbons (Fsp3) is 0.409. The zero-order valence-corrected chi connectivity index (χ0v) is 15.6. The molecule has 0 amide bonds. The highest BCUT2D eigenvalue weighted by Gasteiger charge is 2.02. The van der Waals surface area contributed by atoms with Gasteiger partial charge in [0.05, 0.1) is 12.2 Å². The fourth-order valence-corrected chi connectivity index (χ4v) is 1.90. The fourth-order valence-electron chi connectivity index (χ4n) is 1.90. The summed E-state index contributed by atoms with van der Waals surface area (Å²) in [5, 5.41) is 27.8. The van der Waals surface area contributed by atoms with Crippen LogP contribution in [-0.2, 0) is 4.79 Å². The third-order valence-corrected chi connectivity index (χ3v) is 3.31. The molecule has 0 aromatic rings. The van der Waals surface area contributed by atoms with Gasteiger partial charge in [0.25, 0.3) is 0 Å². The molecule has 26 heavy (non-hydrogen) atoms. The van der Waals surface area contributed by atoms with E-state index in [2.05, 4.69) is 31.2 Å². The van der Waals surface area contributed by atoms with Crippen LogP contribution < -0.4 is 0 Å². The normalized spacial score (nSPS) is 15.5. The Morgan fingerprint density at radius 3 is 1.92 bits per heavy atom. The smallest absolute Gasteiger partial charge is 0.303 e. The van der Waals surface area contributed by atoms with Crippen molar-refractivity contribution in [2.75, 3.05) is 0 Å². The summed E-state index contributed by atoms with van der Waals surface area (Å²) in [5.74, 6) is -0.917. The Hall–Kier alpha value is -2.17. The van der Waals surface area contributed by atoms with Crippen molar-refractivity contribution in [3.05, 3.63) is 72.9 Å². The molecule has 0 aliphatic rings. The van der Waals surface area contributed by atoms with Crippen LogP contribution in [-0.4, -0.2) is 33.5 Å². The van der Waals surface area contributed by atoms with Crippen LogP contribution in [0.5, 0.6) is 0 Å². The predicted molar refractivity (Wildman–Crippen MR) is 108 cm³/mol. The number of aliphatic carboxylic acids is 1. The molecule has 0 fully saturated rings. The summed E-state index contributed by atoms with van der Waals surface area (Å²) in [7, 11) is 0. The van der Waals surface area contributed by atoms with E-state index >= 15 is 0 Å². The molecule has 3 N–H and O–H groups in total. The van der Waals surface area contributed by atoms with Crippen molar-refractivity contribution in [3.8, 4) is 0 Å². The number of carboxylic acids is 1. The Labute approximate surface area is 157 Å². The van der Waals surface area contributed by atoms with Gasteiger partial charge in [0.15, 0.2) is 0 Å². The van der Waals surface area contributed by atoms with E-state index in [9.17, 15) is 15.0 Å². The number of hydrogen-bond acceptors (Lipinski definition) is 3. The molecule has 0 unspecified atom stereocenters. The van der Waals surface area contributed by atoms with Crippen molar-refractivity contribution in [2.24, 2.45) is 0 Å². The lowest BCUT2D eigenvalue weighted by Crippen LogP contribution is -2.05. The van der Waals surface area contributed by atoms with E-state index < -0.39 is 18.2 Å². The first-order chi connectivity index (χ1) is 12.6. The van der Waals surface area contributed by atoms with Crippen LogP contribution in [0.3, 0.4) is 0 Å². The molecule has 0 saturated heterocycles. The molecule has 0 bridgehead atoms. The van der Waals surface area contributed by atoms with Crippen molar-refractivity contribution in [1.29, 1.82) is 0 Å². The zero-order valence-electron chi connectivity index (χ0n) is 15.6. The minimum Gasteiger partial charge on any atom is -0.481 e. The van der Waals surface area contributed by atoms with Gasteiger partial charge in [-0.2, -0.15) is 0 Å². The first kappa shape index (κ1) is 23.8. The average molecular weight is 360 g/mol. The third-order valence-electron chi connectivity index (χ3n) is 3.31. The molecule has 4 nitrogen and oxygen atoms in total. The van der Waals surface area contributed by atoms with Crippen molar-refractivity contribution in [3.63, 3.8) is 0 Å². The van der Waals surface area contributed by atoms with Gasteiger partial charge >= 0.3 is 5.97 Å². The highest BCUT2D eigenvalue weighted by molar-refractivity contribution is 5.66. The van der Waals surface area contributed by atoms with Crippen LogP contribution in [0.25, 0.3) is 0 Å². The highest BCUT2D eigenvalue weighted by Crippen LogP contribution is 2.00. The Balaban J connectivity index is 3.87. The zero-order chi connectivity index (χ0) is 19.5. The third kappa shape index (κ3) is 18.2. The van der Waals surface area contributed by atoms with Gasteiger partial charge in [0, 0.05) is 6.42 Å². The van der Waals surface area contributed by atoms with Crippen LogP contribution in [0.15, 0.2) is 72.9 Å². The molecule has 4 heteroatoms. The number of carboxylic acid groups (broad SMARTS) is 1. The first-order valence-corrected chi connectivity index (χ1v) is 9.10. The van der Waals surface area contributed by atoms with Gasteiger partial charge in [-0.15, -0.1) is 0 Å². The van der Waals surface area contributed by atoms with E-state index in [-0.39, 0.29) is 12.8 Å². The molecular formula is C22H32O4. The van der Waals surface area contributed by atoms with Crippen LogP contribution in [0.2, 0.25) is 0 Å². The molecule has 0 rings (SSSR count). The first-order valence-electron chi connectivity index (χ1n) is 9.10. The van der Waals surface area contributed by atoms with E-state index in [1.54, 1.807) is 30.4 Å². The van der Waals surface area contributed by atoms with Crippen molar-refractivity contribution in [1.82, 2.24) is 0 Å². The molecule has 0 saturated carbocycles. The summed E-state index contributed by atoms with van der Waals surface area (Å²) in [5.41, 5.74) is 0. The molecular weight excluding hydrogens is 328 g/mol. The average Bonchev–Trinajstić information content (AvgIpc) is 2.61. The van der Waals surface area contributed by atoms with E-state index in [4.69, 9.17) is 5.11 Å². The number of aliphatic hydroxyl groups excluding tert-OH is 2. The summed E-state index contributed by atoms with van der Waals surface area (Å²) >= 11 is 0. The Morgan fingerprint density at radius 2 is 1.35 bits per heavy atom. The molecule has 0 aliphatic heterocycles. The van der Waals surface area contributed by atoms with Gasteiger partial charge in [-0.05, 0) is 32.1 Å². The second-order valence-corrected chi connectivity index (χ2v) is 5.75. The Morgan fingerprint density at radius 1 is 0.808 bits per heavy atom. The lowest BCUT2D eigenvalue weighted by Gasteiger charge is -2.00. The summed E-state index contributed by atoms with van der Waals surface area (Å²) in [4.78, 5) is 10.4. The summed E-state index contributed by atoms with van der Waals surface area (Å²) in [6, 6.07) is 0. The molecule has 0 aliphatic carbocycles. The quantitative estimate of drug-likeness (QED) is 0.315. The second-order valence-electron chi connectivity index (χ2n) is 5.75. The number of rotatable bonds is 14. The van der Waals surface area contributed by atoms with Crippen LogP contribution in [0, 0.1) is 0 Å². The molecule has 0 aromatic heterocycles. The minimum absolute atomic E-state index is 0.0550.